The molecule has 5 aromatic rings. The summed E-state index contributed by atoms with van der Waals surface area (Å²) in [6.45, 7) is 6.09. The van der Waals surface area contributed by atoms with E-state index in [1.165, 1.54) is 0 Å². The number of rotatable bonds is 11. The largest absolute Gasteiger partial charge is 0.497 e. The van der Waals surface area contributed by atoms with Crippen molar-refractivity contribution < 1.29 is 9.47 Å². The fourth-order valence-corrected chi connectivity index (χ4v) is 5.17. The first-order valence-corrected chi connectivity index (χ1v) is 13.3. The first-order chi connectivity index (χ1) is 19.5. The Labute approximate surface area is 233 Å². The van der Waals surface area contributed by atoms with E-state index in [-0.39, 0.29) is 5.56 Å². The van der Waals surface area contributed by atoms with Crippen molar-refractivity contribution >= 4 is 10.9 Å². The van der Waals surface area contributed by atoms with Crippen LogP contribution in [0.3, 0.4) is 0 Å². The number of pyridine rings is 1. The summed E-state index contributed by atoms with van der Waals surface area (Å²) in [6.07, 6.45) is 0. The van der Waals surface area contributed by atoms with Gasteiger partial charge in [0.2, 0.25) is 0 Å². The van der Waals surface area contributed by atoms with Gasteiger partial charge in [0.1, 0.15) is 11.8 Å². The number of hydrogen-bond acceptors (Lipinski definition) is 7. The van der Waals surface area contributed by atoms with Crippen molar-refractivity contribution in [2.45, 2.75) is 39.5 Å². The van der Waals surface area contributed by atoms with E-state index < -0.39 is 6.04 Å². The van der Waals surface area contributed by atoms with Crippen LogP contribution >= 0.6 is 0 Å². The molecule has 2 heterocycles. The lowest BCUT2D eigenvalue weighted by Gasteiger charge is -2.31. The fourth-order valence-electron chi connectivity index (χ4n) is 5.17. The van der Waals surface area contributed by atoms with Crippen LogP contribution in [0.2, 0.25) is 0 Å². The van der Waals surface area contributed by atoms with Crippen molar-refractivity contribution in [1.82, 2.24) is 30.1 Å². The molecule has 9 heteroatoms. The van der Waals surface area contributed by atoms with Gasteiger partial charge in [-0.15, -0.1) is 5.10 Å². The van der Waals surface area contributed by atoms with E-state index in [2.05, 4.69) is 56.6 Å². The highest BCUT2D eigenvalue weighted by Crippen LogP contribution is 2.31. The van der Waals surface area contributed by atoms with Gasteiger partial charge in [0, 0.05) is 25.8 Å². The average molecular weight is 539 g/mol. The molecule has 0 saturated carbocycles. The molecule has 1 atom stereocenters. The second-order valence-corrected chi connectivity index (χ2v) is 9.99. The Hall–Kier alpha value is -4.34. The van der Waals surface area contributed by atoms with E-state index in [0.717, 1.165) is 38.9 Å². The summed E-state index contributed by atoms with van der Waals surface area (Å²) in [6, 6.07) is 23.8. The van der Waals surface area contributed by atoms with Crippen molar-refractivity contribution in [3.63, 3.8) is 0 Å². The summed E-state index contributed by atoms with van der Waals surface area (Å²) in [5.41, 5.74) is 5.58. The third-order valence-corrected chi connectivity index (χ3v) is 7.07. The number of aromatic nitrogens is 5. The van der Waals surface area contributed by atoms with Gasteiger partial charge < -0.3 is 14.5 Å². The highest BCUT2D eigenvalue weighted by molar-refractivity contribution is 5.83. The van der Waals surface area contributed by atoms with Crippen molar-refractivity contribution in [2.75, 3.05) is 20.8 Å². The lowest BCUT2D eigenvalue weighted by atomic mass is 9.99. The minimum absolute atomic E-state index is 0.168. The molecule has 0 radical (unpaired) electrons. The molecule has 40 heavy (non-hydrogen) atoms. The molecule has 0 aliphatic heterocycles. The normalized spacial score (nSPS) is 12.2. The summed E-state index contributed by atoms with van der Waals surface area (Å²) in [4.78, 5) is 19.2. The molecule has 206 valence electrons. The number of ether oxygens (including phenoxy) is 2. The Kier molecular flexibility index (Phi) is 8.33. The molecule has 2 aromatic heterocycles. The monoisotopic (exact) mass is 538 g/mol. The molecular formula is C31H34N6O3. The van der Waals surface area contributed by atoms with Crippen LogP contribution in [-0.4, -0.2) is 50.9 Å². The van der Waals surface area contributed by atoms with Crippen LogP contribution in [0.25, 0.3) is 10.9 Å². The van der Waals surface area contributed by atoms with Crippen LogP contribution in [0, 0.1) is 13.8 Å². The van der Waals surface area contributed by atoms with E-state index in [1.54, 1.807) is 18.9 Å². The van der Waals surface area contributed by atoms with Crippen LogP contribution in [-0.2, 0) is 24.4 Å². The summed E-state index contributed by atoms with van der Waals surface area (Å²) in [7, 11) is 3.30. The molecule has 0 spiro atoms. The third kappa shape index (κ3) is 5.95. The highest BCUT2D eigenvalue weighted by Gasteiger charge is 2.31. The summed E-state index contributed by atoms with van der Waals surface area (Å²) in [5.74, 6) is 1.37. The van der Waals surface area contributed by atoms with Gasteiger partial charge in [-0.2, -0.15) is 0 Å². The Morgan fingerprint density at radius 2 is 1.68 bits per heavy atom. The molecule has 5 rings (SSSR count). The average Bonchev–Trinajstić information content (AvgIpc) is 3.41. The van der Waals surface area contributed by atoms with E-state index in [1.807, 2.05) is 55.5 Å². The first kappa shape index (κ1) is 27.2. The van der Waals surface area contributed by atoms with Crippen LogP contribution in [0.5, 0.6) is 5.75 Å². The van der Waals surface area contributed by atoms with Gasteiger partial charge in [0.25, 0.3) is 5.56 Å². The van der Waals surface area contributed by atoms with Gasteiger partial charge in [-0.25, -0.2) is 4.68 Å². The minimum atomic E-state index is -0.539. The van der Waals surface area contributed by atoms with Crippen LogP contribution in [0.4, 0.5) is 0 Å². The van der Waals surface area contributed by atoms with Crippen LogP contribution < -0.4 is 10.3 Å². The van der Waals surface area contributed by atoms with Crippen molar-refractivity contribution in [2.24, 2.45) is 0 Å². The molecule has 0 bridgehead atoms. The molecule has 1 N–H and O–H groups in total. The number of nitrogens with zero attached hydrogens (tertiary/aromatic N) is 5. The Morgan fingerprint density at radius 1 is 0.950 bits per heavy atom. The Morgan fingerprint density at radius 3 is 2.38 bits per heavy atom. The zero-order valence-electron chi connectivity index (χ0n) is 23.3. The van der Waals surface area contributed by atoms with Gasteiger partial charge in [-0.3, -0.25) is 9.69 Å². The zero-order chi connectivity index (χ0) is 28.1. The topological polar surface area (TPSA) is 98.2 Å². The fraction of sp³-hybridized carbons (Fsp3) is 0.290. The predicted molar refractivity (Wildman–Crippen MR) is 154 cm³/mol. The van der Waals surface area contributed by atoms with Gasteiger partial charge in [-0.1, -0.05) is 54.1 Å². The summed E-state index contributed by atoms with van der Waals surface area (Å²) >= 11 is 0. The number of fused-ring (bicyclic) bond motifs is 1. The minimum Gasteiger partial charge on any atom is -0.497 e. The third-order valence-electron chi connectivity index (χ3n) is 7.07. The van der Waals surface area contributed by atoms with Gasteiger partial charge in [0.15, 0.2) is 5.82 Å². The Balaban J connectivity index is 1.69. The number of benzene rings is 3. The lowest BCUT2D eigenvalue weighted by Crippen LogP contribution is -2.35. The van der Waals surface area contributed by atoms with Gasteiger partial charge >= 0.3 is 0 Å². The molecule has 0 aliphatic rings. The number of H-pyrrole nitrogens is 1. The van der Waals surface area contributed by atoms with Gasteiger partial charge in [0.05, 0.1) is 25.8 Å². The van der Waals surface area contributed by atoms with Crippen molar-refractivity contribution in [3.05, 3.63) is 117 Å². The highest BCUT2D eigenvalue weighted by atomic mass is 16.5. The SMILES string of the molecule is COCCn1nnnc1[C@H](c1cc2cc(C)cc(C)c2[nH]c1=O)N(Cc1ccccc1)Cc1ccc(OC)cc1. The summed E-state index contributed by atoms with van der Waals surface area (Å²) < 4.78 is 12.4. The molecule has 9 nitrogen and oxygen atoms in total. The summed E-state index contributed by atoms with van der Waals surface area (Å²) in [5, 5.41) is 13.7. The number of methoxy groups -OCH3 is 2. The van der Waals surface area contributed by atoms with E-state index >= 15 is 0 Å². The molecule has 0 unspecified atom stereocenters. The smallest absolute Gasteiger partial charge is 0.253 e. The number of tetrazole rings is 1. The number of hydrogen-bond donors (Lipinski definition) is 1. The molecule has 0 saturated heterocycles. The van der Waals surface area contributed by atoms with E-state index in [4.69, 9.17) is 9.47 Å². The quantitative estimate of drug-likeness (QED) is 0.263. The predicted octanol–water partition coefficient (Wildman–Crippen LogP) is 4.58. The molecule has 0 aliphatic carbocycles. The maximum Gasteiger partial charge on any atom is 0.253 e. The van der Waals surface area contributed by atoms with E-state index in [0.29, 0.717) is 37.6 Å². The first-order valence-electron chi connectivity index (χ1n) is 13.3. The second kappa shape index (κ2) is 12.2. The maximum absolute atomic E-state index is 13.8. The van der Waals surface area contributed by atoms with E-state index in [9.17, 15) is 4.79 Å². The Bertz CT molecular complexity index is 1630. The molecule has 3 aromatic carbocycles. The van der Waals surface area contributed by atoms with Crippen molar-refractivity contribution in [1.29, 1.82) is 0 Å². The lowest BCUT2D eigenvalue weighted by molar-refractivity contribution is 0.169. The maximum atomic E-state index is 13.8. The molecular weight excluding hydrogens is 504 g/mol. The zero-order valence-corrected chi connectivity index (χ0v) is 23.3. The second-order valence-electron chi connectivity index (χ2n) is 9.99. The number of aryl methyl sites for hydroxylation is 2. The van der Waals surface area contributed by atoms with Crippen LogP contribution in [0.1, 0.15) is 39.7 Å². The van der Waals surface area contributed by atoms with Crippen LogP contribution in [0.15, 0.2) is 77.6 Å². The van der Waals surface area contributed by atoms with Gasteiger partial charge in [-0.05, 0) is 70.6 Å². The molecule has 0 fully saturated rings. The van der Waals surface area contributed by atoms with Crippen molar-refractivity contribution in [3.8, 4) is 5.75 Å². The number of aromatic amines is 1. The molecule has 0 amide bonds. The number of nitrogens with one attached hydrogen (secondary N) is 1. The standard InChI is InChI=1S/C31H34N6O3/c1-21-16-22(2)28-25(17-21)18-27(31(38)32-28)29(30-33-34-35-37(30)14-15-39-3)36(19-23-8-6-5-7-9-23)20-24-10-12-26(40-4)13-11-24/h5-13,16-18,29H,14-15,19-20H2,1-4H3,(H,32,38)/t29-/m0/s1.